The van der Waals surface area contributed by atoms with Gasteiger partial charge in [-0.15, -0.1) is 0 Å². The van der Waals surface area contributed by atoms with Crippen LogP contribution in [-0.4, -0.2) is 20.9 Å². The average Bonchev–Trinajstić information content (AvgIpc) is 2.77. The molecular weight excluding hydrogens is 468 g/mol. The van der Waals surface area contributed by atoms with Crippen molar-refractivity contribution >= 4 is 33.2 Å². The van der Waals surface area contributed by atoms with Gasteiger partial charge in [0, 0.05) is 5.02 Å². The fraction of sp³-hybridized carbons (Fsp3) is 0.296. The Morgan fingerprint density at radius 1 is 1.00 bits per heavy atom. The Labute approximate surface area is 207 Å². The first-order chi connectivity index (χ1) is 15.9. The molecular formula is C27H31ClN2O3S. The van der Waals surface area contributed by atoms with Gasteiger partial charge in [-0.3, -0.25) is 9.10 Å². The van der Waals surface area contributed by atoms with Gasteiger partial charge in [-0.2, -0.15) is 0 Å². The first-order valence-electron chi connectivity index (χ1n) is 11.1. The van der Waals surface area contributed by atoms with E-state index in [1.54, 1.807) is 18.2 Å². The fourth-order valence-electron chi connectivity index (χ4n) is 3.60. The molecule has 1 atom stereocenters. The van der Waals surface area contributed by atoms with Gasteiger partial charge in [0.1, 0.15) is 6.54 Å². The Kier molecular flexibility index (Phi) is 7.74. The lowest BCUT2D eigenvalue weighted by Gasteiger charge is -2.25. The number of aryl methyl sites for hydroxylation is 1. The number of benzene rings is 3. The molecule has 0 heterocycles. The molecule has 0 bridgehead atoms. The van der Waals surface area contributed by atoms with E-state index in [9.17, 15) is 13.2 Å². The molecule has 34 heavy (non-hydrogen) atoms. The second kappa shape index (κ2) is 10.2. The molecule has 3 aromatic rings. The zero-order chi connectivity index (χ0) is 25.1. The van der Waals surface area contributed by atoms with E-state index in [4.69, 9.17) is 11.6 Å². The lowest BCUT2D eigenvalue weighted by atomic mass is 9.86. The van der Waals surface area contributed by atoms with Crippen molar-refractivity contribution < 1.29 is 13.2 Å². The van der Waals surface area contributed by atoms with E-state index >= 15 is 0 Å². The van der Waals surface area contributed by atoms with Crippen LogP contribution in [0.15, 0.2) is 77.7 Å². The summed E-state index contributed by atoms with van der Waals surface area (Å²) >= 11 is 5.94. The van der Waals surface area contributed by atoms with Crippen LogP contribution in [-0.2, 0) is 20.2 Å². The highest BCUT2D eigenvalue weighted by Crippen LogP contribution is 2.26. The monoisotopic (exact) mass is 498 g/mol. The molecule has 0 radical (unpaired) electrons. The van der Waals surface area contributed by atoms with Crippen LogP contribution in [0.3, 0.4) is 0 Å². The molecule has 0 spiro atoms. The molecule has 0 aliphatic rings. The van der Waals surface area contributed by atoms with Crippen molar-refractivity contribution in [2.24, 2.45) is 0 Å². The molecule has 0 saturated carbocycles. The number of amides is 1. The number of sulfonamides is 1. The third-order valence-corrected chi connectivity index (χ3v) is 7.67. The molecule has 0 saturated heterocycles. The molecule has 1 N–H and O–H groups in total. The molecule has 1 amide bonds. The van der Waals surface area contributed by atoms with Gasteiger partial charge in [-0.05, 0) is 72.4 Å². The van der Waals surface area contributed by atoms with Crippen molar-refractivity contribution in [1.82, 2.24) is 5.32 Å². The number of nitrogens with one attached hydrogen (secondary N) is 1. The van der Waals surface area contributed by atoms with E-state index in [2.05, 4.69) is 38.2 Å². The Balaban J connectivity index is 1.85. The summed E-state index contributed by atoms with van der Waals surface area (Å²) in [6, 6.07) is 20.8. The lowest BCUT2D eigenvalue weighted by Crippen LogP contribution is -2.41. The van der Waals surface area contributed by atoms with Crippen molar-refractivity contribution in [2.45, 2.75) is 51.0 Å². The quantitative estimate of drug-likeness (QED) is 0.433. The van der Waals surface area contributed by atoms with Crippen LogP contribution in [0, 0.1) is 6.92 Å². The predicted molar refractivity (Wildman–Crippen MR) is 139 cm³/mol. The summed E-state index contributed by atoms with van der Waals surface area (Å²) in [5, 5.41) is 3.37. The number of anilines is 1. The Hall–Kier alpha value is -2.83. The molecule has 0 aliphatic heterocycles. The maximum atomic E-state index is 13.5. The third-order valence-electron chi connectivity index (χ3n) is 5.63. The zero-order valence-electron chi connectivity index (χ0n) is 20.2. The van der Waals surface area contributed by atoms with Gasteiger partial charge < -0.3 is 5.32 Å². The SMILES string of the molecule is Cc1cccc(N(CC(=O)N[C@@H](C)c2ccc(C(C)(C)C)cc2)S(=O)(=O)c2ccc(Cl)cc2)c1. The van der Waals surface area contributed by atoms with Crippen molar-refractivity contribution in [3.63, 3.8) is 0 Å². The number of halogens is 1. The Bertz CT molecular complexity index is 1250. The number of nitrogens with zero attached hydrogens (tertiary/aromatic N) is 1. The van der Waals surface area contributed by atoms with Crippen LogP contribution >= 0.6 is 11.6 Å². The molecule has 0 aliphatic carbocycles. The van der Waals surface area contributed by atoms with Crippen molar-refractivity contribution in [1.29, 1.82) is 0 Å². The van der Waals surface area contributed by atoms with Crippen LogP contribution < -0.4 is 9.62 Å². The summed E-state index contributed by atoms with van der Waals surface area (Å²) in [6.45, 7) is 9.85. The van der Waals surface area contributed by atoms with E-state index in [1.807, 2.05) is 32.0 Å². The summed E-state index contributed by atoms with van der Waals surface area (Å²) in [6.07, 6.45) is 0. The largest absolute Gasteiger partial charge is 0.348 e. The highest BCUT2D eigenvalue weighted by atomic mass is 35.5. The van der Waals surface area contributed by atoms with Crippen LogP contribution in [0.1, 0.15) is 50.4 Å². The van der Waals surface area contributed by atoms with Gasteiger partial charge in [0.15, 0.2) is 0 Å². The smallest absolute Gasteiger partial charge is 0.264 e. The van der Waals surface area contributed by atoms with Crippen LogP contribution in [0.5, 0.6) is 0 Å². The molecule has 7 heteroatoms. The summed E-state index contributed by atoms with van der Waals surface area (Å²) in [5.74, 6) is -0.397. The minimum Gasteiger partial charge on any atom is -0.348 e. The first kappa shape index (κ1) is 25.8. The van der Waals surface area contributed by atoms with Crippen molar-refractivity contribution in [3.8, 4) is 0 Å². The Morgan fingerprint density at radius 2 is 1.62 bits per heavy atom. The molecule has 3 rings (SSSR count). The van der Waals surface area contributed by atoms with Gasteiger partial charge in [0.2, 0.25) is 5.91 Å². The van der Waals surface area contributed by atoms with Crippen LogP contribution in [0.25, 0.3) is 0 Å². The van der Waals surface area contributed by atoms with Gasteiger partial charge in [0.25, 0.3) is 10.0 Å². The maximum absolute atomic E-state index is 13.5. The van der Waals surface area contributed by atoms with Gasteiger partial charge in [-0.1, -0.05) is 68.8 Å². The first-order valence-corrected chi connectivity index (χ1v) is 12.9. The maximum Gasteiger partial charge on any atom is 0.264 e. The normalized spacial score (nSPS) is 12.8. The van der Waals surface area contributed by atoms with E-state index in [0.717, 1.165) is 15.4 Å². The van der Waals surface area contributed by atoms with E-state index < -0.39 is 15.9 Å². The van der Waals surface area contributed by atoms with Gasteiger partial charge in [-0.25, -0.2) is 8.42 Å². The molecule has 3 aromatic carbocycles. The number of carbonyl (C=O) groups excluding carboxylic acids is 1. The number of hydrogen-bond donors (Lipinski definition) is 1. The second-order valence-electron chi connectivity index (χ2n) is 9.47. The number of carbonyl (C=O) groups is 1. The average molecular weight is 499 g/mol. The predicted octanol–water partition coefficient (Wildman–Crippen LogP) is 6.02. The fourth-order valence-corrected chi connectivity index (χ4v) is 5.14. The minimum atomic E-state index is -3.99. The minimum absolute atomic E-state index is 0.0371. The van der Waals surface area contributed by atoms with E-state index in [1.165, 1.54) is 29.8 Å². The highest BCUT2D eigenvalue weighted by molar-refractivity contribution is 7.92. The van der Waals surface area contributed by atoms with Crippen molar-refractivity contribution in [2.75, 3.05) is 10.8 Å². The van der Waals surface area contributed by atoms with Gasteiger partial charge >= 0.3 is 0 Å². The second-order valence-corrected chi connectivity index (χ2v) is 11.8. The summed E-state index contributed by atoms with van der Waals surface area (Å²) in [5.41, 5.74) is 3.50. The summed E-state index contributed by atoms with van der Waals surface area (Å²) in [7, 11) is -3.99. The third kappa shape index (κ3) is 6.19. The summed E-state index contributed by atoms with van der Waals surface area (Å²) < 4.78 is 28.1. The van der Waals surface area contributed by atoms with E-state index in [0.29, 0.717) is 10.7 Å². The van der Waals surface area contributed by atoms with Crippen molar-refractivity contribution in [3.05, 3.63) is 94.5 Å². The van der Waals surface area contributed by atoms with E-state index in [-0.39, 0.29) is 22.9 Å². The molecule has 5 nitrogen and oxygen atoms in total. The standard InChI is InChI=1S/C27H31ClN2O3S/c1-19-7-6-8-24(17-19)30(34(32,33)25-15-13-23(28)14-16-25)18-26(31)29-20(2)21-9-11-22(12-10-21)27(3,4)5/h6-17,20H,18H2,1-5H3,(H,29,31)/t20-/m0/s1. The van der Waals surface area contributed by atoms with Gasteiger partial charge in [0.05, 0.1) is 16.6 Å². The zero-order valence-corrected chi connectivity index (χ0v) is 21.7. The molecule has 180 valence electrons. The van der Waals surface area contributed by atoms with Crippen LogP contribution in [0.4, 0.5) is 5.69 Å². The molecule has 0 aromatic heterocycles. The summed E-state index contributed by atoms with van der Waals surface area (Å²) in [4.78, 5) is 13.1. The highest BCUT2D eigenvalue weighted by Gasteiger charge is 2.28. The number of rotatable bonds is 7. The lowest BCUT2D eigenvalue weighted by molar-refractivity contribution is -0.120. The molecule has 0 fully saturated rings. The van der Waals surface area contributed by atoms with Crippen LogP contribution in [0.2, 0.25) is 5.02 Å². The number of hydrogen-bond acceptors (Lipinski definition) is 3. The topological polar surface area (TPSA) is 66.5 Å². The Morgan fingerprint density at radius 3 is 2.18 bits per heavy atom. The molecule has 0 unspecified atom stereocenters.